The fraction of sp³-hybridized carbons (Fsp3) is 0.263. The van der Waals surface area contributed by atoms with E-state index in [0.717, 1.165) is 29.1 Å². The van der Waals surface area contributed by atoms with E-state index in [0.29, 0.717) is 17.4 Å². The summed E-state index contributed by atoms with van der Waals surface area (Å²) in [6.45, 7) is 2.77. The molecule has 0 spiro atoms. The number of amides is 1. The Bertz CT molecular complexity index is 705. The van der Waals surface area contributed by atoms with Crippen molar-refractivity contribution in [1.82, 2.24) is 5.43 Å². The molecule has 2 rings (SSSR count). The van der Waals surface area contributed by atoms with Crippen molar-refractivity contribution in [1.29, 1.82) is 0 Å². The van der Waals surface area contributed by atoms with Gasteiger partial charge in [-0.05, 0) is 53.9 Å². The first-order chi connectivity index (χ1) is 12.2. The zero-order chi connectivity index (χ0) is 17.9. The van der Waals surface area contributed by atoms with Crippen LogP contribution in [0.2, 0.25) is 5.02 Å². The molecule has 25 heavy (non-hydrogen) atoms. The highest BCUT2D eigenvalue weighted by Gasteiger charge is 2.01. The second kappa shape index (κ2) is 10.8. The van der Waals surface area contributed by atoms with Gasteiger partial charge in [0.1, 0.15) is 5.75 Å². The van der Waals surface area contributed by atoms with Crippen LogP contribution >= 0.6 is 23.4 Å². The number of carbonyl (C=O) groups is 1. The van der Waals surface area contributed by atoms with Crippen LogP contribution < -0.4 is 10.2 Å². The highest BCUT2D eigenvalue weighted by atomic mass is 35.5. The van der Waals surface area contributed by atoms with Crippen molar-refractivity contribution >= 4 is 35.5 Å². The number of hydrazone groups is 1. The molecule has 2 aromatic carbocycles. The van der Waals surface area contributed by atoms with Gasteiger partial charge in [0.15, 0.2) is 0 Å². The molecule has 0 saturated carbocycles. The van der Waals surface area contributed by atoms with Crippen molar-refractivity contribution in [3.63, 3.8) is 0 Å². The number of hydrogen-bond acceptors (Lipinski definition) is 4. The lowest BCUT2D eigenvalue weighted by atomic mass is 10.2. The summed E-state index contributed by atoms with van der Waals surface area (Å²) in [5.74, 6) is 1.77. The lowest BCUT2D eigenvalue weighted by Crippen LogP contribution is -2.19. The van der Waals surface area contributed by atoms with Gasteiger partial charge in [-0.3, -0.25) is 4.79 Å². The molecule has 0 unspecified atom stereocenters. The third-order valence-corrected chi connectivity index (χ3v) is 4.39. The van der Waals surface area contributed by atoms with Crippen LogP contribution in [0, 0.1) is 0 Å². The van der Waals surface area contributed by atoms with Gasteiger partial charge >= 0.3 is 0 Å². The van der Waals surface area contributed by atoms with Crippen LogP contribution in [-0.2, 0) is 10.5 Å². The highest BCUT2D eigenvalue weighted by molar-refractivity contribution is 7.99. The van der Waals surface area contributed by atoms with Crippen molar-refractivity contribution in [2.45, 2.75) is 19.1 Å². The van der Waals surface area contributed by atoms with E-state index in [-0.39, 0.29) is 5.91 Å². The van der Waals surface area contributed by atoms with Crippen LogP contribution in [0.25, 0.3) is 0 Å². The van der Waals surface area contributed by atoms with Crippen LogP contribution in [0.15, 0.2) is 53.6 Å². The van der Waals surface area contributed by atoms with Gasteiger partial charge in [-0.2, -0.15) is 5.10 Å². The van der Waals surface area contributed by atoms with Gasteiger partial charge in [0.25, 0.3) is 0 Å². The van der Waals surface area contributed by atoms with Gasteiger partial charge in [0, 0.05) is 10.8 Å². The Labute approximate surface area is 157 Å². The molecule has 0 aromatic heterocycles. The normalized spacial score (nSPS) is 10.8. The molecule has 4 nitrogen and oxygen atoms in total. The Morgan fingerprint density at radius 3 is 2.80 bits per heavy atom. The summed E-state index contributed by atoms with van der Waals surface area (Å²) in [6, 6.07) is 15.2. The first kappa shape index (κ1) is 19.3. The predicted octanol–water partition coefficient (Wildman–Crippen LogP) is 4.51. The number of halogens is 1. The van der Waals surface area contributed by atoms with Crippen molar-refractivity contribution in [2.75, 3.05) is 12.4 Å². The lowest BCUT2D eigenvalue weighted by molar-refractivity contribution is -0.118. The number of benzene rings is 2. The zero-order valence-corrected chi connectivity index (χ0v) is 15.6. The van der Waals surface area contributed by atoms with Crippen LogP contribution in [0.4, 0.5) is 0 Å². The topological polar surface area (TPSA) is 50.7 Å². The minimum atomic E-state index is -0.133. The molecule has 0 bridgehead atoms. The minimum Gasteiger partial charge on any atom is -0.494 e. The summed E-state index contributed by atoms with van der Waals surface area (Å²) in [4.78, 5) is 11.8. The smallest absolute Gasteiger partial charge is 0.250 e. The maximum atomic E-state index is 11.8. The summed E-state index contributed by atoms with van der Waals surface area (Å²) in [5.41, 5.74) is 4.53. The van der Waals surface area contributed by atoms with Gasteiger partial charge in [-0.1, -0.05) is 30.7 Å². The number of thioether (sulfide) groups is 1. The van der Waals surface area contributed by atoms with Gasteiger partial charge in [0.2, 0.25) is 5.91 Å². The van der Waals surface area contributed by atoms with Crippen LogP contribution in [0.5, 0.6) is 5.75 Å². The van der Waals surface area contributed by atoms with Crippen molar-refractivity contribution in [3.05, 3.63) is 64.7 Å². The van der Waals surface area contributed by atoms with Gasteiger partial charge in [-0.25, -0.2) is 5.43 Å². The van der Waals surface area contributed by atoms with E-state index in [1.807, 2.05) is 48.5 Å². The van der Waals surface area contributed by atoms with E-state index in [1.54, 1.807) is 6.21 Å². The van der Waals surface area contributed by atoms with Crippen LogP contribution in [0.1, 0.15) is 24.5 Å². The Kier molecular flexibility index (Phi) is 8.35. The highest BCUT2D eigenvalue weighted by Crippen LogP contribution is 2.16. The van der Waals surface area contributed by atoms with Gasteiger partial charge in [0.05, 0.1) is 18.6 Å². The number of carbonyl (C=O) groups excluding carboxylic acids is 1. The molecular formula is C19H21ClN2O2S. The summed E-state index contributed by atoms with van der Waals surface area (Å²) >= 11 is 7.45. The monoisotopic (exact) mass is 376 g/mol. The first-order valence-electron chi connectivity index (χ1n) is 8.04. The molecular weight excluding hydrogens is 356 g/mol. The lowest BCUT2D eigenvalue weighted by Gasteiger charge is -2.04. The van der Waals surface area contributed by atoms with Crippen molar-refractivity contribution < 1.29 is 9.53 Å². The molecule has 0 saturated heterocycles. The van der Waals surface area contributed by atoms with E-state index in [4.69, 9.17) is 16.3 Å². The second-order valence-corrected chi connectivity index (χ2v) is 6.76. The maximum absolute atomic E-state index is 11.8. The third-order valence-electron chi connectivity index (χ3n) is 3.15. The van der Waals surface area contributed by atoms with Crippen LogP contribution in [0.3, 0.4) is 0 Å². The summed E-state index contributed by atoms with van der Waals surface area (Å²) in [5, 5.41) is 4.68. The fourth-order valence-corrected chi connectivity index (χ4v) is 2.95. The fourth-order valence-electron chi connectivity index (χ4n) is 1.97. The summed E-state index contributed by atoms with van der Waals surface area (Å²) in [6.07, 6.45) is 2.59. The number of ether oxygens (including phenoxy) is 1. The summed E-state index contributed by atoms with van der Waals surface area (Å²) < 4.78 is 5.52. The number of hydrogen-bond donors (Lipinski definition) is 1. The first-order valence-corrected chi connectivity index (χ1v) is 9.57. The van der Waals surface area contributed by atoms with Crippen molar-refractivity contribution in [2.24, 2.45) is 5.10 Å². The number of nitrogens with one attached hydrogen (secondary N) is 1. The van der Waals surface area contributed by atoms with E-state index in [9.17, 15) is 4.79 Å². The zero-order valence-electron chi connectivity index (χ0n) is 14.1. The van der Waals surface area contributed by atoms with Gasteiger partial charge < -0.3 is 4.74 Å². The Morgan fingerprint density at radius 2 is 2.08 bits per heavy atom. The van der Waals surface area contributed by atoms with E-state index in [1.165, 1.54) is 11.8 Å². The average molecular weight is 377 g/mol. The predicted molar refractivity (Wildman–Crippen MR) is 106 cm³/mol. The molecule has 6 heteroatoms. The van der Waals surface area contributed by atoms with Crippen molar-refractivity contribution in [3.8, 4) is 5.75 Å². The Morgan fingerprint density at radius 1 is 1.28 bits per heavy atom. The molecule has 1 N–H and O–H groups in total. The molecule has 1 amide bonds. The molecule has 0 aliphatic heterocycles. The molecule has 0 aliphatic rings. The molecule has 0 fully saturated rings. The molecule has 0 atom stereocenters. The Balaban J connectivity index is 1.69. The second-order valence-electron chi connectivity index (χ2n) is 5.33. The minimum absolute atomic E-state index is 0.133. The van der Waals surface area contributed by atoms with Crippen LogP contribution in [-0.4, -0.2) is 24.5 Å². The SMILES string of the molecule is CCCOc1ccc(/C=N\NC(=O)CSCc2cccc(Cl)c2)cc1. The molecule has 2 aromatic rings. The quantitative estimate of drug-likeness (QED) is 0.517. The molecule has 0 heterocycles. The maximum Gasteiger partial charge on any atom is 0.250 e. The largest absolute Gasteiger partial charge is 0.494 e. The van der Waals surface area contributed by atoms with E-state index < -0.39 is 0 Å². The number of rotatable bonds is 9. The summed E-state index contributed by atoms with van der Waals surface area (Å²) in [7, 11) is 0. The molecule has 0 radical (unpaired) electrons. The number of nitrogens with zero attached hydrogens (tertiary/aromatic N) is 1. The molecule has 0 aliphatic carbocycles. The van der Waals surface area contributed by atoms with E-state index >= 15 is 0 Å². The van der Waals surface area contributed by atoms with E-state index in [2.05, 4.69) is 17.5 Å². The molecule has 132 valence electrons. The average Bonchev–Trinajstić information content (AvgIpc) is 2.61. The van der Waals surface area contributed by atoms with Gasteiger partial charge in [-0.15, -0.1) is 11.8 Å². The third kappa shape index (κ3) is 7.63. The standard InChI is InChI=1S/C19H21ClN2O2S/c1-2-10-24-18-8-6-15(7-9-18)12-21-22-19(23)14-25-13-16-4-3-5-17(20)11-16/h3-9,11-12H,2,10,13-14H2,1H3,(H,22,23)/b21-12-. The Hall–Kier alpha value is -1.98.